The van der Waals surface area contributed by atoms with Crippen molar-refractivity contribution in [2.24, 2.45) is 4.99 Å². The fourth-order valence-corrected chi connectivity index (χ4v) is 3.27. The highest BCUT2D eigenvalue weighted by Crippen LogP contribution is 2.10. The highest BCUT2D eigenvalue weighted by Gasteiger charge is 2.05. The van der Waals surface area contributed by atoms with E-state index in [9.17, 15) is 0 Å². The lowest BCUT2D eigenvalue weighted by atomic mass is 10.3. The van der Waals surface area contributed by atoms with Gasteiger partial charge in [-0.3, -0.25) is 4.40 Å². The average molecular weight is 357 g/mol. The maximum atomic E-state index is 4.61. The molecule has 25 heavy (non-hydrogen) atoms. The van der Waals surface area contributed by atoms with Gasteiger partial charge in [-0.25, -0.2) is 9.98 Å². The van der Waals surface area contributed by atoms with Crippen LogP contribution in [0.5, 0.6) is 0 Å². The van der Waals surface area contributed by atoms with E-state index in [1.807, 2.05) is 35.7 Å². The minimum absolute atomic E-state index is 0.478. The minimum atomic E-state index is 0.478. The van der Waals surface area contributed by atoms with Gasteiger partial charge in [-0.2, -0.15) is 0 Å². The van der Waals surface area contributed by atoms with Crippen molar-refractivity contribution in [2.75, 3.05) is 13.1 Å². The summed E-state index contributed by atoms with van der Waals surface area (Å²) in [7, 11) is 0. The summed E-state index contributed by atoms with van der Waals surface area (Å²) in [5.41, 5.74) is 1.94. The first-order valence-corrected chi connectivity index (χ1v) is 9.36. The summed E-state index contributed by atoms with van der Waals surface area (Å²) < 4.78 is 1.96. The average Bonchev–Trinajstić information content (AvgIpc) is 3.22. The summed E-state index contributed by atoms with van der Waals surface area (Å²) in [6, 6.07) is 5.85. The van der Waals surface area contributed by atoms with Crippen molar-refractivity contribution >= 4 is 22.9 Å². The van der Waals surface area contributed by atoms with Crippen LogP contribution in [0.2, 0.25) is 0 Å². The molecule has 0 atom stereocenters. The van der Waals surface area contributed by atoms with Gasteiger partial charge in [-0.15, -0.1) is 21.5 Å². The van der Waals surface area contributed by atoms with Gasteiger partial charge in [0, 0.05) is 36.8 Å². The summed E-state index contributed by atoms with van der Waals surface area (Å²) in [6.45, 7) is 6.24. The summed E-state index contributed by atoms with van der Waals surface area (Å²) in [6.07, 6.45) is 3.96. The second kappa shape index (κ2) is 8.57. The zero-order valence-corrected chi connectivity index (χ0v) is 15.4. The molecule has 8 heteroatoms. The van der Waals surface area contributed by atoms with E-state index in [4.69, 9.17) is 0 Å². The Labute approximate surface area is 151 Å². The molecule has 0 saturated carbocycles. The SMILES string of the molecule is CCNC(=NCc1nnc2ccccn12)NCCCc1nc(C)cs1. The molecular formula is C17H23N7S. The van der Waals surface area contributed by atoms with E-state index in [2.05, 4.69) is 43.1 Å². The maximum absolute atomic E-state index is 4.61. The van der Waals surface area contributed by atoms with Crippen LogP contribution in [-0.2, 0) is 13.0 Å². The molecule has 0 radical (unpaired) electrons. The maximum Gasteiger partial charge on any atom is 0.191 e. The summed E-state index contributed by atoms with van der Waals surface area (Å²) in [4.78, 5) is 9.10. The van der Waals surface area contributed by atoms with Gasteiger partial charge < -0.3 is 10.6 Å². The predicted molar refractivity (Wildman–Crippen MR) is 101 cm³/mol. The third-order valence-corrected chi connectivity index (χ3v) is 4.66. The van der Waals surface area contributed by atoms with Crippen LogP contribution in [0.3, 0.4) is 0 Å². The van der Waals surface area contributed by atoms with E-state index in [0.717, 1.165) is 49.1 Å². The fraction of sp³-hybridized carbons (Fsp3) is 0.412. The largest absolute Gasteiger partial charge is 0.357 e. The molecule has 3 heterocycles. The van der Waals surface area contributed by atoms with Crippen molar-refractivity contribution in [3.63, 3.8) is 0 Å². The summed E-state index contributed by atoms with van der Waals surface area (Å²) >= 11 is 1.73. The summed E-state index contributed by atoms with van der Waals surface area (Å²) in [5, 5.41) is 18.3. The van der Waals surface area contributed by atoms with Gasteiger partial charge >= 0.3 is 0 Å². The Kier molecular flexibility index (Phi) is 5.95. The van der Waals surface area contributed by atoms with Gasteiger partial charge in [-0.1, -0.05) is 6.07 Å². The molecule has 7 nitrogen and oxygen atoms in total. The molecule has 3 aromatic rings. The molecule has 0 spiro atoms. The van der Waals surface area contributed by atoms with E-state index < -0.39 is 0 Å². The first kappa shape index (κ1) is 17.3. The molecule has 0 aliphatic rings. The van der Waals surface area contributed by atoms with Crippen LogP contribution in [-0.4, -0.2) is 38.6 Å². The van der Waals surface area contributed by atoms with E-state index in [1.54, 1.807) is 11.3 Å². The van der Waals surface area contributed by atoms with Crippen LogP contribution in [0.25, 0.3) is 5.65 Å². The quantitative estimate of drug-likeness (QED) is 0.385. The zero-order valence-electron chi connectivity index (χ0n) is 14.6. The van der Waals surface area contributed by atoms with Gasteiger partial charge in [0.05, 0.1) is 5.01 Å². The number of thiazole rings is 1. The number of aromatic nitrogens is 4. The van der Waals surface area contributed by atoms with Crippen molar-refractivity contribution < 1.29 is 0 Å². The topological polar surface area (TPSA) is 79.5 Å². The number of pyridine rings is 1. The van der Waals surface area contributed by atoms with E-state index in [0.29, 0.717) is 6.54 Å². The summed E-state index contributed by atoms with van der Waals surface area (Å²) in [5.74, 6) is 1.62. The molecule has 0 bridgehead atoms. The van der Waals surface area contributed by atoms with Gasteiger partial charge in [0.2, 0.25) is 0 Å². The van der Waals surface area contributed by atoms with Gasteiger partial charge in [0.25, 0.3) is 0 Å². The van der Waals surface area contributed by atoms with Crippen LogP contribution in [0.1, 0.15) is 29.9 Å². The van der Waals surface area contributed by atoms with Crippen LogP contribution < -0.4 is 10.6 Å². The normalized spacial score (nSPS) is 11.8. The first-order chi connectivity index (χ1) is 12.3. The monoisotopic (exact) mass is 357 g/mol. The Balaban J connectivity index is 1.53. The van der Waals surface area contributed by atoms with Crippen molar-refractivity contribution in [3.8, 4) is 0 Å². The zero-order chi connectivity index (χ0) is 17.5. The van der Waals surface area contributed by atoms with Gasteiger partial charge in [0.1, 0.15) is 6.54 Å². The standard InChI is InChI=1S/C17H23N7S/c1-3-18-17(19-9-6-8-16-21-13(2)12-25-16)20-11-15-23-22-14-7-4-5-10-24(14)15/h4-5,7,10,12H,3,6,8-9,11H2,1-2H3,(H2,18,19,20). The first-order valence-electron chi connectivity index (χ1n) is 8.48. The number of hydrogen-bond donors (Lipinski definition) is 2. The number of aliphatic imine (C=N–C) groups is 1. The minimum Gasteiger partial charge on any atom is -0.357 e. The molecule has 2 N–H and O–H groups in total. The lowest BCUT2D eigenvalue weighted by molar-refractivity contribution is 0.737. The van der Waals surface area contributed by atoms with Crippen LogP contribution in [0.15, 0.2) is 34.8 Å². The Morgan fingerprint density at radius 1 is 1.28 bits per heavy atom. The molecule has 3 rings (SSSR count). The number of nitrogens with zero attached hydrogens (tertiary/aromatic N) is 5. The molecule has 0 aliphatic heterocycles. The van der Waals surface area contributed by atoms with E-state index in [-0.39, 0.29) is 0 Å². The third kappa shape index (κ3) is 4.76. The molecule has 0 saturated heterocycles. The number of nitrogens with one attached hydrogen (secondary N) is 2. The Hall–Kier alpha value is -2.48. The number of rotatable bonds is 7. The smallest absolute Gasteiger partial charge is 0.191 e. The number of hydrogen-bond acceptors (Lipinski definition) is 5. The molecule has 132 valence electrons. The fourth-order valence-electron chi connectivity index (χ4n) is 2.45. The molecule has 0 aromatic carbocycles. The van der Waals surface area contributed by atoms with E-state index >= 15 is 0 Å². The Morgan fingerprint density at radius 3 is 3.00 bits per heavy atom. The lowest BCUT2D eigenvalue weighted by Crippen LogP contribution is -2.37. The number of guanidine groups is 1. The number of fused-ring (bicyclic) bond motifs is 1. The second-order valence-corrected chi connectivity index (χ2v) is 6.60. The molecule has 0 unspecified atom stereocenters. The van der Waals surface area contributed by atoms with Crippen LogP contribution in [0, 0.1) is 6.92 Å². The highest BCUT2D eigenvalue weighted by molar-refractivity contribution is 7.09. The van der Waals surface area contributed by atoms with Crippen LogP contribution in [0.4, 0.5) is 0 Å². The molecule has 0 fully saturated rings. The third-order valence-electron chi connectivity index (χ3n) is 3.63. The Bertz CT molecular complexity index is 836. The van der Waals surface area contributed by atoms with Crippen molar-refractivity contribution in [3.05, 3.63) is 46.3 Å². The van der Waals surface area contributed by atoms with Crippen molar-refractivity contribution in [1.29, 1.82) is 0 Å². The van der Waals surface area contributed by atoms with Gasteiger partial charge in [-0.05, 0) is 32.4 Å². The van der Waals surface area contributed by atoms with Crippen LogP contribution >= 0.6 is 11.3 Å². The molecular weight excluding hydrogens is 334 g/mol. The lowest BCUT2D eigenvalue weighted by Gasteiger charge is -2.10. The van der Waals surface area contributed by atoms with Crippen molar-refractivity contribution in [1.82, 2.24) is 30.2 Å². The number of aryl methyl sites for hydroxylation is 2. The predicted octanol–water partition coefficient (Wildman–Crippen LogP) is 2.18. The highest BCUT2D eigenvalue weighted by atomic mass is 32.1. The molecule has 0 aliphatic carbocycles. The second-order valence-electron chi connectivity index (χ2n) is 5.65. The Morgan fingerprint density at radius 2 is 2.20 bits per heavy atom. The van der Waals surface area contributed by atoms with E-state index in [1.165, 1.54) is 5.01 Å². The molecule has 3 aromatic heterocycles. The molecule has 0 amide bonds. The van der Waals surface area contributed by atoms with Crippen molar-refractivity contribution in [2.45, 2.75) is 33.2 Å². The van der Waals surface area contributed by atoms with Gasteiger partial charge in [0.15, 0.2) is 17.4 Å².